The average Bonchev–Trinajstić information content (AvgIpc) is 3.49. The molecule has 0 aromatic carbocycles. The molecule has 10 nitrogen and oxygen atoms in total. The van der Waals surface area contributed by atoms with Crippen LogP contribution in [0.25, 0.3) is 5.65 Å². The maximum atomic E-state index is 12.6. The minimum Gasteiger partial charge on any atom is -0.355 e. The van der Waals surface area contributed by atoms with Crippen LogP contribution in [-0.2, 0) is 10.0 Å². The van der Waals surface area contributed by atoms with Gasteiger partial charge in [-0.25, -0.2) is 13.4 Å². The number of nitrogens with zero attached hydrogens (tertiary/aromatic N) is 7. The number of piperidine rings is 1. The number of rotatable bonds is 4. The lowest BCUT2D eigenvalue weighted by molar-refractivity contribution is 0.311. The molecule has 0 bridgehead atoms. The van der Waals surface area contributed by atoms with Crippen molar-refractivity contribution in [2.75, 3.05) is 31.1 Å². The summed E-state index contributed by atoms with van der Waals surface area (Å²) in [5, 5.41) is 13.5. The average molecular weight is 402 g/mol. The molecule has 2 aliphatic heterocycles. The highest BCUT2D eigenvalue weighted by molar-refractivity contribution is 7.89. The second kappa shape index (κ2) is 6.82. The van der Waals surface area contributed by atoms with Gasteiger partial charge in [0.15, 0.2) is 16.5 Å². The summed E-state index contributed by atoms with van der Waals surface area (Å²) in [6, 6.07) is 3.95. The molecule has 28 heavy (non-hydrogen) atoms. The number of hydrogen-bond donors (Lipinski definition) is 1. The van der Waals surface area contributed by atoms with Gasteiger partial charge in [0.2, 0.25) is 0 Å². The summed E-state index contributed by atoms with van der Waals surface area (Å²) in [5.41, 5.74) is 0.727. The Morgan fingerprint density at radius 2 is 1.82 bits per heavy atom. The van der Waals surface area contributed by atoms with Crippen molar-refractivity contribution < 1.29 is 8.42 Å². The highest BCUT2D eigenvalue weighted by atomic mass is 32.2. The van der Waals surface area contributed by atoms with E-state index < -0.39 is 10.0 Å². The van der Waals surface area contributed by atoms with E-state index in [4.69, 9.17) is 5.10 Å². The Labute approximate surface area is 162 Å². The number of nitrogens with one attached hydrogen (secondary N) is 1. The highest BCUT2D eigenvalue weighted by Crippen LogP contribution is 2.30. The van der Waals surface area contributed by atoms with Gasteiger partial charge in [0, 0.05) is 32.1 Å². The van der Waals surface area contributed by atoms with Crippen molar-refractivity contribution in [1.29, 1.82) is 0 Å². The predicted molar refractivity (Wildman–Crippen MR) is 102 cm³/mol. The molecule has 148 valence electrons. The van der Waals surface area contributed by atoms with Gasteiger partial charge < -0.3 is 9.88 Å². The van der Waals surface area contributed by atoms with E-state index in [0.29, 0.717) is 25.9 Å². The number of hydrogen-bond acceptors (Lipinski definition) is 7. The lowest BCUT2D eigenvalue weighted by Crippen LogP contribution is -2.38. The Hall–Kier alpha value is -2.53. The van der Waals surface area contributed by atoms with Crippen molar-refractivity contribution in [3.05, 3.63) is 30.5 Å². The highest BCUT2D eigenvalue weighted by Gasteiger charge is 2.32. The first-order valence-corrected chi connectivity index (χ1v) is 11.0. The molecule has 2 fully saturated rings. The number of anilines is 1. The summed E-state index contributed by atoms with van der Waals surface area (Å²) < 4.78 is 28.6. The zero-order chi connectivity index (χ0) is 19.1. The van der Waals surface area contributed by atoms with Gasteiger partial charge in [-0.15, -0.1) is 15.3 Å². The maximum Gasteiger partial charge on any atom is 0.260 e. The molecule has 0 spiro atoms. The number of aromatic amines is 1. The van der Waals surface area contributed by atoms with Crippen LogP contribution in [0, 0.1) is 0 Å². The standard InChI is InChI=1S/C17H22N8O2S/c26-28(27,16-11-18-12-19-16)24-9-5-13(6-10-24)17-21-20-14-3-4-15(22-25(14)17)23-7-1-2-8-23/h3-4,11-13H,1-2,5-10H2,(H,18,19). The number of fused-ring (bicyclic) bond motifs is 1. The van der Waals surface area contributed by atoms with E-state index in [1.54, 1.807) is 0 Å². The SMILES string of the molecule is O=S(=O)(c1cnc[nH]1)N1CCC(c2nnc3ccc(N4CCCC4)nn23)CC1. The third-order valence-corrected chi connectivity index (χ3v) is 7.44. The van der Waals surface area contributed by atoms with Crippen LogP contribution in [0.1, 0.15) is 37.4 Å². The molecule has 3 aromatic rings. The fourth-order valence-corrected chi connectivity index (χ4v) is 5.41. The van der Waals surface area contributed by atoms with Gasteiger partial charge in [0.05, 0.1) is 12.5 Å². The van der Waals surface area contributed by atoms with E-state index in [2.05, 4.69) is 25.1 Å². The van der Waals surface area contributed by atoms with Gasteiger partial charge in [0.1, 0.15) is 5.82 Å². The minimum atomic E-state index is -3.52. The molecule has 0 amide bonds. The molecule has 5 heterocycles. The molecule has 1 N–H and O–H groups in total. The van der Waals surface area contributed by atoms with Crippen molar-refractivity contribution >= 4 is 21.5 Å². The van der Waals surface area contributed by atoms with E-state index in [1.807, 2.05) is 16.6 Å². The molecular formula is C17H22N8O2S. The minimum absolute atomic E-state index is 0.129. The van der Waals surface area contributed by atoms with Gasteiger partial charge in [-0.3, -0.25) is 0 Å². The summed E-state index contributed by atoms with van der Waals surface area (Å²) in [6.07, 6.45) is 6.48. The fraction of sp³-hybridized carbons (Fsp3) is 0.529. The van der Waals surface area contributed by atoms with E-state index in [-0.39, 0.29) is 10.9 Å². The molecule has 2 aliphatic rings. The van der Waals surface area contributed by atoms with Crippen molar-refractivity contribution in [1.82, 2.24) is 34.1 Å². The van der Waals surface area contributed by atoms with Crippen LogP contribution in [0.4, 0.5) is 5.82 Å². The summed E-state index contributed by atoms with van der Waals surface area (Å²) >= 11 is 0. The quantitative estimate of drug-likeness (QED) is 0.693. The zero-order valence-corrected chi connectivity index (χ0v) is 16.2. The topological polar surface area (TPSA) is 112 Å². The first-order chi connectivity index (χ1) is 13.6. The van der Waals surface area contributed by atoms with E-state index in [0.717, 1.165) is 30.4 Å². The molecule has 0 unspecified atom stereocenters. The van der Waals surface area contributed by atoms with Crippen LogP contribution in [0.3, 0.4) is 0 Å². The maximum absolute atomic E-state index is 12.6. The van der Waals surface area contributed by atoms with Crippen LogP contribution >= 0.6 is 0 Å². The summed E-state index contributed by atoms with van der Waals surface area (Å²) in [7, 11) is -3.52. The van der Waals surface area contributed by atoms with Gasteiger partial charge in [-0.05, 0) is 37.8 Å². The molecule has 0 saturated carbocycles. The van der Waals surface area contributed by atoms with E-state index in [1.165, 1.54) is 29.7 Å². The fourth-order valence-electron chi connectivity index (χ4n) is 4.04. The second-order valence-corrected chi connectivity index (χ2v) is 9.21. The predicted octanol–water partition coefficient (Wildman–Crippen LogP) is 1.02. The van der Waals surface area contributed by atoms with Gasteiger partial charge in [0.25, 0.3) is 10.0 Å². The first-order valence-electron chi connectivity index (χ1n) is 9.59. The third kappa shape index (κ3) is 2.94. The summed E-state index contributed by atoms with van der Waals surface area (Å²) in [6.45, 7) is 2.93. The summed E-state index contributed by atoms with van der Waals surface area (Å²) in [4.78, 5) is 8.79. The molecule has 2 saturated heterocycles. The van der Waals surface area contributed by atoms with E-state index in [9.17, 15) is 8.42 Å². The Morgan fingerprint density at radius 1 is 1.04 bits per heavy atom. The van der Waals surface area contributed by atoms with Crippen LogP contribution in [0.15, 0.2) is 29.7 Å². The molecule has 5 rings (SSSR count). The zero-order valence-electron chi connectivity index (χ0n) is 15.4. The third-order valence-electron chi connectivity index (χ3n) is 5.61. The monoisotopic (exact) mass is 402 g/mol. The van der Waals surface area contributed by atoms with Gasteiger partial charge in [-0.1, -0.05) is 0 Å². The first kappa shape index (κ1) is 17.6. The van der Waals surface area contributed by atoms with Crippen molar-refractivity contribution in [3.8, 4) is 0 Å². The Balaban J connectivity index is 1.36. The van der Waals surface area contributed by atoms with Crippen molar-refractivity contribution in [2.24, 2.45) is 0 Å². The lowest BCUT2D eigenvalue weighted by atomic mass is 9.97. The molecular weight excluding hydrogens is 380 g/mol. The number of aromatic nitrogens is 6. The molecule has 0 radical (unpaired) electrons. The number of sulfonamides is 1. The Bertz CT molecular complexity index is 1060. The van der Waals surface area contributed by atoms with Crippen LogP contribution in [-0.4, -0.2) is 68.7 Å². The van der Waals surface area contributed by atoms with Crippen LogP contribution in [0.5, 0.6) is 0 Å². The lowest BCUT2D eigenvalue weighted by Gasteiger charge is -2.29. The molecule has 11 heteroatoms. The number of H-pyrrole nitrogens is 1. The smallest absolute Gasteiger partial charge is 0.260 e. The molecule has 0 atom stereocenters. The Morgan fingerprint density at radius 3 is 2.54 bits per heavy atom. The number of imidazole rings is 1. The normalized spacial score (nSPS) is 19.6. The second-order valence-electron chi connectivity index (χ2n) is 7.31. The summed E-state index contributed by atoms with van der Waals surface area (Å²) in [5.74, 6) is 1.89. The van der Waals surface area contributed by atoms with Gasteiger partial charge >= 0.3 is 0 Å². The largest absolute Gasteiger partial charge is 0.355 e. The van der Waals surface area contributed by atoms with Crippen molar-refractivity contribution in [3.63, 3.8) is 0 Å². The van der Waals surface area contributed by atoms with Crippen molar-refractivity contribution in [2.45, 2.75) is 36.6 Å². The van der Waals surface area contributed by atoms with Crippen LogP contribution < -0.4 is 4.90 Å². The van der Waals surface area contributed by atoms with E-state index >= 15 is 0 Å². The molecule has 3 aromatic heterocycles. The van der Waals surface area contributed by atoms with Gasteiger partial charge in [-0.2, -0.15) is 8.82 Å². The Kier molecular flexibility index (Phi) is 4.27. The molecule has 0 aliphatic carbocycles. The van der Waals surface area contributed by atoms with Crippen LogP contribution in [0.2, 0.25) is 0 Å².